The summed E-state index contributed by atoms with van der Waals surface area (Å²) in [4.78, 5) is 42.3. The van der Waals surface area contributed by atoms with Crippen LogP contribution < -0.4 is 15.2 Å². The second-order valence-corrected chi connectivity index (χ2v) is 7.38. The van der Waals surface area contributed by atoms with Crippen LogP contribution in [0.3, 0.4) is 0 Å². The zero-order valence-corrected chi connectivity index (χ0v) is 18.6. The first-order valence-electron chi connectivity index (χ1n) is 9.92. The van der Waals surface area contributed by atoms with Crippen molar-refractivity contribution in [2.75, 3.05) is 25.0 Å². The molecule has 8 heteroatoms. The number of anilines is 1. The van der Waals surface area contributed by atoms with E-state index in [-0.39, 0.29) is 16.3 Å². The number of fused-ring (bicyclic) bond motifs is 1. The average molecular weight is 442 g/mol. The maximum absolute atomic E-state index is 13.6. The van der Waals surface area contributed by atoms with Gasteiger partial charge >= 0.3 is 6.09 Å². The summed E-state index contributed by atoms with van der Waals surface area (Å²) in [6.07, 6.45) is -0.686. The molecule has 162 valence electrons. The van der Waals surface area contributed by atoms with Gasteiger partial charge in [0.2, 0.25) is 0 Å². The lowest BCUT2D eigenvalue weighted by Gasteiger charge is -2.24. The third-order valence-electron chi connectivity index (χ3n) is 5.14. The van der Waals surface area contributed by atoms with E-state index in [0.717, 1.165) is 0 Å². The van der Waals surface area contributed by atoms with E-state index >= 15 is 0 Å². The molecule has 2 amide bonds. The monoisotopic (exact) mass is 441 g/mol. The molecule has 0 bridgehead atoms. The topological polar surface area (TPSA) is 71.8 Å². The number of carbonyl (C=O) groups is 2. The van der Waals surface area contributed by atoms with Gasteiger partial charge in [0, 0.05) is 32.9 Å². The van der Waals surface area contributed by atoms with E-state index in [1.54, 1.807) is 70.4 Å². The minimum Gasteiger partial charge on any atom is -0.408 e. The van der Waals surface area contributed by atoms with Gasteiger partial charge in [-0.25, -0.2) is 4.79 Å². The normalized spacial score (nSPS) is 10.7. The van der Waals surface area contributed by atoms with Gasteiger partial charge in [-0.2, -0.15) is 0 Å². The molecule has 0 fully saturated rings. The number of nitrogens with zero attached hydrogens (tertiary/aromatic N) is 3. The quantitative estimate of drug-likeness (QED) is 0.591. The maximum atomic E-state index is 13.6. The lowest BCUT2D eigenvalue weighted by Crippen LogP contribution is -2.38. The number of aryl methyl sites for hydroxylation is 1. The number of ether oxygens (including phenoxy) is 1. The predicted octanol–water partition coefficient (Wildman–Crippen LogP) is 4.31. The van der Waals surface area contributed by atoms with Crippen molar-refractivity contribution in [1.82, 2.24) is 9.47 Å². The average Bonchev–Trinajstić information content (AvgIpc) is 2.77. The Hall–Kier alpha value is -3.32. The predicted molar refractivity (Wildman–Crippen MR) is 122 cm³/mol. The third-order valence-corrected chi connectivity index (χ3v) is 5.46. The number of pyridine rings is 1. The zero-order chi connectivity index (χ0) is 22.7. The number of hydrogen-bond donors (Lipinski definition) is 0. The summed E-state index contributed by atoms with van der Waals surface area (Å²) in [6, 6.07) is 14.0. The van der Waals surface area contributed by atoms with Crippen molar-refractivity contribution in [1.29, 1.82) is 0 Å². The number of benzene rings is 2. The first kappa shape index (κ1) is 22.4. The van der Waals surface area contributed by atoms with Gasteiger partial charge in [-0.15, -0.1) is 0 Å². The highest BCUT2D eigenvalue weighted by Gasteiger charge is 2.30. The van der Waals surface area contributed by atoms with Crippen molar-refractivity contribution in [3.63, 3.8) is 0 Å². The van der Waals surface area contributed by atoms with Gasteiger partial charge in [-0.05, 0) is 38.1 Å². The van der Waals surface area contributed by atoms with Crippen molar-refractivity contribution < 1.29 is 14.3 Å². The molecule has 3 aromatic rings. The molecule has 0 saturated carbocycles. The maximum Gasteiger partial charge on any atom is 0.415 e. The number of amides is 2. The van der Waals surface area contributed by atoms with Crippen molar-refractivity contribution in [2.45, 2.75) is 13.8 Å². The number of aromatic nitrogens is 1. The van der Waals surface area contributed by atoms with Crippen molar-refractivity contribution in [2.24, 2.45) is 7.05 Å². The van der Waals surface area contributed by atoms with E-state index in [2.05, 4.69) is 0 Å². The van der Waals surface area contributed by atoms with Gasteiger partial charge in [0.1, 0.15) is 5.56 Å². The summed E-state index contributed by atoms with van der Waals surface area (Å²) in [7, 11) is 3.12. The molecule has 7 nitrogen and oxygen atoms in total. The van der Waals surface area contributed by atoms with Crippen LogP contribution >= 0.6 is 11.6 Å². The van der Waals surface area contributed by atoms with Gasteiger partial charge in [0.25, 0.3) is 11.5 Å². The third kappa shape index (κ3) is 4.14. The Morgan fingerprint density at radius 2 is 1.71 bits per heavy atom. The largest absolute Gasteiger partial charge is 0.415 e. The van der Waals surface area contributed by atoms with E-state index in [9.17, 15) is 14.4 Å². The van der Waals surface area contributed by atoms with Crippen LogP contribution in [0.25, 0.3) is 10.9 Å². The molecular formula is C23H24ClN3O4. The molecular weight excluding hydrogens is 418 g/mol. The van der Waals surface area contributed by atoms with E-state index in [4.69, 9.17) is 16.3 Å². The van der Waals surface area contributed by atoms with E-state index in [1.807, 2.05) is 6.07 Å². The number of halogens is 1. The van der Waals surface area contributed by atoms with Gasteiger partial charge in [-0.1, -0.05) is 35.9 Å². The highest BCUT2D eigenvalue weighted by molar-refractivity contribution is 6.36. The zero-order valence-electron chi connectivity index (χ0n) is 17.9. The van der Waals surface area contributed by atoms with E-state index < -0.39 is 17.6 Å². The molecule has 0 atom stereocenters. The summed E-state index contributed by atoms with van der Waals surface area (Å²) in [6.45, 7) is 4.30. The van der Waals surface area contributed by atoms with Crippen LogP contribution in [0.15, 0.2) is 53.3 Å². The molecule has 1 aromatic heterocycles. The van der Waals surface area contributed by atoms with Crippen LogP contribution in [0.2, 0.25) is 5.02 Å². The lowest BCUT2D eigenvalue weighted by molar-refractivity contribution is 0.0983. The molecule has 31 heavy (non-hydrogen) atoms. The fourth-order valence-electron chi connectivity index (χ4n) is 3.29. The fourth-order valence-corrected chi connectivity index (χ4v) is 3.54. The molecule has 0 aliphatic rings. The highest BCUT2D eigenvalue weighted by Crippen LogP contribution is 2.35. The minimum atomic E-state index is -0.686. The first-order chi connectivity index (χ1) is 14.8. The van der Waals surface area contributed by atoms with Crippen LogP contribution in [0.5, 0.6) is 5.75 Å². The Labute approximate surface area is 185 Å². The van der Waals surface area contributed by atoms with Crippen LogP contribution in [-0.4, -0.2) is 41.6 Å². The summed E-state index contributed by atoms with van der Waals surface area (Å²) < 4.78 is 6.96. The fraction of sp³-hybridized carbons (Fsp3) is 0.261. The Bertz CT molecular complexity index is 1190. The molecule has 1 heterocycles. The number of carbonyl (C=O) groups excluding carboxylic acids is 2. The molecule has 0 spiro atoms. The Morgan fingerprint density at radius 3 is 2.32 bits per heavy atom. The second kappa shape index (κ2) is 9.22. The Morgan fingerprint density at radius 1 is 1.03 bits per heavy atom. The van der Waals surface area contributed by atoms with Crippen molar-refractivity contribution >= 4 is 40.2 Å². The molecule has 0 aliphatic heterocycles. The standard InChI is InChI=1S/C23H24ClN3O4/c1-5-25(3)23(30)31-20-18-16(24)13-10-14-17(18)26(4)21(28)19(20)22(29)27(6-2)15-11-8-7-9-12-15/h7-14H,5-6H2,1-4H3. The van der Waals surface area contributed by atoms with Crippen LogP contribution in [0, 0.1) is 0 Å². The van der Waals surface area contributed by atoms with Crippen LogP contribution in [-0.2, 0) is 7.05 Å². The lowest BCUT2D eigenvalue weighted by atomic mass is 10.1. The summed E-state index contributed by atoms with van der Waals surface area (Å²) >= 11 is 6.45. The van der Waals surface area contributed by atoms with E-state index in [1.165, 1.54) is 14.4 Å². The molecule has 0 aliphatic carbocycles. The number of hydrogen-bond acceptors (Lipinski definition) is 4. The van der Waals surface area contributed by atoms with Gasteiger partial charge in [0.05, 0.1) is 15.9 Å². The summed E-state index contributed by atoms with van der Waals surface area (Å²) in [5.74, 6) is -0.702. The van der Waals surface area contributed by atoms with Gasteiger partial charge in [-0.3, -0.25) is 9.59 Å². The number of para-hydroxylation sites is 1. The molecule has 3 rings (SSSR count). The molecule has 0 unspecified atom stereocenters. The summed E-state index contributed by atoms with van der Waals surface area (Å²) in [5.41, 5.74) is 0.265. The number of rotatable bonds is 5. The minimum absolute atomic E-state index is 0.131. The first-order valence-corrected chi connectivity index (χ1v) is 10.3. The summed E-state index contributed by atoms with van der Waals surface area (Å²) in [5, 5.41) is 0.600. The van der Waals surface area contributed by atoms with Crippen molar-refractivity contribution in [3.05, 3.63) is 69.5 Å². The van der Waals surface area contributed by atoms with Gasteiger partial charge < -0.3 is 19.1 Å². The van der Waals surface area contributed by atoms with Crippen LogP contribution in [0.4, 0.5) is 10.5 Å². The SMILES string of the molecule is CCN(C)C(=O)Oc1c(C(=O)N(CC)c2ccccc2)c(=O)n(C)c2cccc(Cl)c12. The Balaban J connectivity index is 2.31. The van der Waals surface area contributed by atoms with Gasteiger partial charge in [0.15, 0.2) is 5.75 Å². The molecule has 0 radical (unpaired) electrons. The smallest absolute Gasteiger partial charge is 0.408 e. The highest BCUT2D eigenvalue weighted by atomic mass is 35.5. The second-order valence-electron chi connectivity index (χ2n) is 6.97. The Kier molecular flexibility index (Phi) is 6.65. The molecule has 0 N–H and O–H groups in total. The molecule has 2 aromatic carbocycles. The van der Waals surface area contributed by atoms with Crippen molar-refractivity contribution in [3.8, 4) is 5.75 Å². The van der Waals surface area contributed by atoms with E-state index in [0.29, 0.717) is 29.7 Å². The molecule has 0 saturated heterocycles. The van der Waals surface area contributed by atoms with Crippen LogP contribution in [0.1, 0.15) is 24.2 Å².